The maximum Gasteiger partial charge on any atom is 0.0917 e. The van der Waals surface area contributed by atoms with E-state index in [4.69, 9.17) is 4.74 Å². The van der Waals surface area contributed by atoms with Gasteiger partial charge in [-0.15, -0.1) is 0 Å². The highest BCUT2D eigenvalue weighted by atomic mass is 16.5. The molecule has 0 aromatic carbocycles. The van der Waals surface area contributed by atoms with E-state index in [0.29, 0.717) is 6.61 Å². The standard InChI is InChI=1S/C14H21N5O/c1-17-7-11(6-15-17)8-19-5-4-12-13(10-20-3)16-18(2)14(12)9-19/h6-7H,4-5,8-10H2,1-3H3. The van der Waals surface area contributed by atoms with Gasteiger partial charge in [0.15, 0.2) is 0 Å². The van der Waals surface area contributed by atoms with Gasteiger partial charge >= 0.3 is 0 Å². The molecule has 0 aliphatic carbocycles. The Balaban J connectivity index is 1.75. The first-order valence-corrected chi connectivity index (χ1v) is 6.90. The molecule has 20 heavy (non-hydrogen) atoms. The summed E-state index contributed by atoms with van der Waals surface area (Å²) in [6.07, 6.45) is 5.06. The lowest BCUT2D eigenvalue weighted by Gasteiger charge is -2.27. The fraction of sp³-hybridized carbons (Fsp3) is 0.571. The Morgan fingerprint density at radius 2 is 2.20 bits per heavy atom. The third-order valence-electron chi connectivity index (χ3n) is 3.86. The summed E-state index contributed by atoms with van der Waals surface area (Å²) in [6, 6.07) is 0. The zero-order valence-corrected chi connectivity index (χ0v) is 12.3. The number of aryl methyl sites for hydroxylation is 2. The van der Waals surface area contributed by atoms with Gasteiger partial charge < -0.3 is 4.74 Å². The number of rotatable bonds is 4. The molecule has 0 unspecified atom stereocenters. The highest BCUT2D eigenvalue weighted by Crippen LogP contribution is 2.23. The second-order valence-corrected chi connectivity index (χ2v) is 5.41. The normalized spacial score (nSPS) is 15.6. The van der Waals surface area contributed by atoms with Gasteiger partial charge in [0.05, 0.1) is 24.2 Å². The molecule has 1 aliphatic rings. The quantitative estimate of drug-likeness (QED) is 0.830. The number of ether oxygens (including phenoxy) is 1. The predicted octanol–water partition coefficient (Wildman–Crippen LogP) is 0.858. The van der Waals surface area contributed by atoms with Crippen LogP contribution in [0, 0.1) is 0 Å². The van der Waals surface area contributed by atoms with Gasteiger partial charge in [-0.25, -0.2) is 0 Å². The molecular formula is C14H21N5O. The predicted molar refractivity (Wildman–Crippen MR) is 74.9 cm³/mol. The van der Waals surface area contributed by atoms with Gasteiger partial charge in [0.2, 0.25) is 0 Å². The molecule has 0 saturated carbocycles. The van der Waals surface area contributed by atoms with E-state index >= 15 is 0 Å². The van der Waals surface area contributed by atoms with Crippen LogP contribution in [-0.4, -0.2) is 38.1 Å². The van der Waals surface area contributed by atoms with Crippen LogP contribution in [0.15, 0.2) is 12.4 Å². The van der Waals surface area contributed by atoms with E-state index in [2.05, 4.69) is 21.3 Å². The Labute approximate surface area is 118 Å². The number of nitrogens with zero attached hydrogens (tertiary/aromatic N) is 5. The maximum absolute atomic E-state index is 5.23. The van der Waals surface area contributed by atoms with Crippen molar-refractivity contribution in [3.05, 3.63) is 34.9 Å². The maximum atomic E-state index is 5.23. The first-order chi connectivity index (χ1) is 9.67. The molecular weight excluding hydrogens is 254 g/mol. The van der Waals surface area contributed by atoms with E-state index in [1.807, 2.05) is 29.7 Å². The van der Waals surface area contributed by atoms with Crippen molar-refractivity contribution in [1.29, 1.82) is 0 Å². The third-order valence-corrected chi connectivity index (χ3v) is 3.86. The fourth-order valence-corrected chi connectivity index (χ4v) is 2.91. The van der Waals surface area contributed by atoms with Crippen LogP contribution >= 0.6 is 0 Å². The molecule has 0 bridgehead atoms. The fourth-order valence-electron chi connectivity index (χ4n) is 2.91. The van der Waals surface area contributed by atoms with Crippen LogP contribution in [0.5, 0.6) is 0 Å². The molecule has 0 fully saturated rings. The number of methoxy groups -OCH3 is 1. The molecule has 0 N–H and O–H groups in total. The van der Waals surface area contributed by atoms with Gasteiger partial charge in [-0.05, 0) is 6.42 Å². The number of fused-ring (bicyclic) bond motifs is 1. The van der Waals surface area contributed by atoms with Crippen molar-refractivity contribution >= 4 is 0 Å². The smallest absolute Gasteiger partial charge is 0.0917 e. The first-order valence-electron chi connectivity index (χ1n) is 6.90. The first kappa shape index (κ1) is 13.3. The summed E-state index contributed by atoms with van der Waals surface area (Å²) in [7, 11) is 5.69. The van der Waals surface area contributed by atoms with Crippen LogP contribution in [-0.2, 0) is 44.9 Å². The molecule has 0 atom stereocenters. The molecule has 3 rings (SSSR count). The molecule has 0 spiro atoms. The Kier molecular flexibility index (Phi) is 3.58. The summed E-state index contributed by atoms with van der Waals surface area (Å²) >= 11 is 0. The minimum atomic E-state index is 0.603. The Morgan fingerprint density at radius 3 is 2.90 bits per heavy atom. The number of hydrogen-bond donors (Lipinski definition) is 0. The minimum absolute atomic E-state index is 0.603. The van der Waals surface area contributed by atoms with Crippen molar-refractivity contribution < 1.29 is 4.74 Å². The van der Waals surface area contributed by atoms with Gasteiger partial charge in [-0.3, -0.25) is 14.3 Å². The topological polar surface area (TPSA) is 48.1 Å². The van der Waals surface area contributed by atoms with Crippen molar-refractivity contribution in [1.82, 2.24) is 24.5 Å². The van der Waals surface area contributed by atoms with Crippen LogP contribution in [0.2, 0.25) is 0 Å². The second-order valence-electron chi connectivity index (χ2n) is 5.41. The van der Waals surface area contributed by atoms with Crippen LogP contribution in [0.25, 0.3) is 0 Å². The van der Waals surface area contributed by atoms with E-state index < -0.39 is 0 Å². The summed E-state index contributed by atoms with van der Waals surface area (Å²) in [6.45, 7) is 3.55. The lowest BCUT2D eigenvalue weighted by molar-refractivity contribution is 0.179. The zero-order chi connectivity index (χ0) is 14.1. The van der Waals surface area contributed by atoms with Crippen LogP contribution in [0.4, 0.5) is 0 Å². The summed E-state index contributed by atoms with van der Waals surface area (Å²) in [4.78, 5) is 2.44. The van der Waals surface area contributed by atoms with Crippen molar-refractivity contribution in [3.8, 4) is 0 Å². The third kappa shape index (κ3) is 2.48. The van der Waals surface area contributed by atoms with Crippen molar-refractivity contribution in [2.75, 3.05) is 13.7 Å². The van der Waals surface area contributed by atoms with Gasteiger partial charge in [0.25, 0.3) is 0 Å². The molecule has 0 radical (unpaired) electrons. The molecule has 0 amide bonds. The number of aromatic nitrogens is 4. The van der Waals surface area contributed by atoms with Crippen LogP contribution in [0.1, 0.15) is 22.5 Å². The highest BCUT2D eigenvalue weighted by Gasteiger charge is 2.23. The van der Waals surface area contributed by atoms with E-state index in [0.717, 1.165) is 31.7 Å². The lowest BCUT2D eigenvalue weighted by atomic mass is 10.0. The molecule has 108 valence electrons. The van der Waals surface area contributed by atoms with Crippen molar-refractivity contribution in [3.63, 3.8) is 0 Å². The largest absolute Gasteiger partial charge is 0.378 e. The highest BCUT2D eigenvalue weighted by molar-refractivity contribution is 5.28. The van der Waals surface area contributed by atoms with Gasteiger partial charge in [-0.2, -0.15) is 10.2 Å². The average Bonchev–Trinajstić information content (AvgIpc) is 2.96. The molecule has 6 nitrogen and oxygen atoms in total. The average molecular weight is 275 g/mol. The Morgan fingerprint density at radius 1 is 1.35 bits per heavy atom. The Hall–Kier alpha value is -1.66. The SMILES string of the molecule is COCc1nn(C)c2c1CCN(Cc1cnn(C)c1)C2. The van der Waals surface area contributed by atoms with Crippen LogP contribution in [0.3, 0.4) is 0 Å². The van der Waals surface area contributed by atoms with Gasteiger partial charge in [0.1, 0.15) is 0 Å². The molecule has 1 aliphatic heterocycles. The molecule has 2 aromatic rings. The van der Waals surface area contributed by atoms with Gasteiger partial charge in [0, 0.05) is 58.2 Å². The molecule has 2 aromatic heterocycles. The number of hydrogen-bond acceptors (Lipinski definition) is 4. The molecule has 0 saturated heterocycles. The van der Waals surface area contributed by atoms with Crippen molar-refractivity contribution in [2.24, 2.45) is 14.1 Å². The summed E-state index contributed by atoms with van der Waals surface area (Å²) in [5, 5.41) is 8.80. The molecule has 6 heteroatoms. The second kappa shape index (κ2) is 5.38. The summed E-state index contributed by atoms with van der Waals surface area (Å²) < 4.78 is 9.08. The summed E-state index contributed by atoms with van der Waals surface area (Å²) in [5.74, 6) is 0. The lowest BCUT2D eigenvalue weighted by Crippen LogP contribution is -2.31. The van der Waals surface area contributed by atoms with E-state index in [1.165, 1.54) is 16.8 Å². The van der Waals surface area contributed by atoms with E-state index in [1.54, 1.807) is 7.11 Å². The van der Waals surface area contributed by atoms with E-state index in [9.17, 15) is 0 Å². The van der Waals surface area contributed by atoms with Crippen LogP contribution < -0.4 is 0 Å². The summed E-state index contributed by atoms with van der Waals surface area (Å²) in [5.41, 5.74) is 5.03. The molecule has 3 heterocycles. The Bertz CT molecular complexity index is 601. The monoisotopic (exact) mass is 275 g/mol. The van der Waals surface area contributed by atoms with Crippen molar-refractivity contribution in [2.45, 2.75) is 26.1 Å². The van der Waals surface area contributed by atoms with E-state index in [-0.39, 0.29) is 0 Å². The minimum Gasteiger partial charge on any atom is -0.378 e. The zero-order valence-electron chi connectivity index (χ0n) is 12.3. The van der Waals surface area contributed by atoms with Gasteiger partial charge in [-0.1, -0.05) is 0 Å².